The molecule has 2 nitrogen and oxygen atoms in total. The molecule has 0 aromatic heterocycles. The Morgan fingerprint density at radius 1 is 1.44 bits per heavy atom. The highest BCUT2D eigenvalue weighted by molar-refractivity contribution is 14.1. The Balaban J connectivity index is 2.60. The maximum absolute atomic E-state index is 5.89. The van der Waals surface area contributed by atoms with Gasteiger partial charge in [-0.1, -0.05) is 24.4 Å². The lowest BCUT2D eigenvalue weighted by Crippen LogP contribution is -2.00. The molecule has 0 radical (unpaired) electrons. The van der Waals surface area contributed by atoms with Crippen molar-refractivity contribution in [3.63, 3.8) is 0 Å². The fraction of sp³-hybridized carbons (Fsp3) is 0.333. The summed E-state index contributed by atoms with van der Waals surface area (Å²) < 4.78 is 6.46. The van der Waals surface area contributed by atoms with Gasteiger partial charge in [0.1, 0.15) is 5.75 Å². The average molecular weight is 350 g/mol. The van der Waals surface area contributed by atoms with Crippen molar-refractivity contribution in [1.82, 2.24) is 0 Å². The van der Waals surface area contributed by atoms with E-state index in [4.69, 9.17) is 22.1 Å². The molecule has 0 aliphatic heterocycles. The molecule has 0 heterocycles. The van der Waals surface area contributed by atoms with Gasteiger partial charge in [0.15, 0.2) is 0 Å². The second kappa shape index (κ2) is 6.87. The van der Waals surface area contributed by atoms with Crippen molar-refractivity contribution in [1.29, 1.82) is 0 Å². The van der Waals surface area contributed by atoms with Crippen LogP contribution in [0.2, 0.25) is 5.02 Å². The Labute approximate surface area is 115 Å². The number of hydrogen-bond acceptors (Lipinski definition) is 2. The lowest BCUT2D eigenvalue weighted by Gasteiger charge is -2.09. The number of halogens is 2. The molecule has 86 valence electrons. The molecule has 0 amide bonds. The quantitative estimate of drug-likeness (QED) is 0.391. The van der Waals surface area contributed by atoms with Gasteiger partial charge >= 0.3 is 0 Å². The molecule has 0 aliphatic rings. The highest BCUT2D eigenvalue weighted by Crippen LogP contribution is 2.30. The monoisotopic (exact) mass is 349 g/mol. The number of rotatable bonds is 3. The minimum atomic E-state index is 0.558. The molecule has 0 atom stereocenters. The highest BCUT2D eigenvalue weighted by atomic mass is 127. The van der Waals surface area contributed by atoms with E-state index in [1.165, 1.54) is 0 Å². The Morgan fingerprint density at radius 3 is 2.88 bits per heavy atom. The summed E-state index contributed by atoms with van der Waals surface area (Å²) >= 11 is 8.04. The third-order valence-electron chi connectivity index (χ3n) is 1.82. The molecule has 0 fully saturated rings. The van der Waals surface area contributed by atoms with Crippen LogP contribution in [0.25, 0.3) is 0 Å². The topological polar surface area (TPSA) is 35.2 Å². The third-order valence-corrected chi connectivity index (χ3v) is 3.19. The third kappa shape index (κ3) is 4.11. The maximum atomic E-state index is 5.89. The zero-order valence-corrected chi connectivity index (χ0v) is 11.9. The molecule has 1 aromatic carbocycles. The molecule has 0 bridgehead atoms. The zero-order valence-electron chi connectivity index (χ0n) is 9.02. The number of benzene rings is 1. The number of anilines is 1. The summed E-state index contributed by atoms with van der Waals surface area (Å²) in [6.07, 6.45) is 1.60. The Hall–Kier alpha value is -0.600. The molecule has 1 rings (SSSR count). The van der Waals surface area contributed by atoms with Crippen LogP contribution >= 0.6 is 34.2 Å². The first-order valence-corrected chi connectivity index (χ1v) is 6.44. The van der Waals surface area contributed by atoms with Gasteiger partial charge in [-0.25, -0.2) is 0 Å². The van der Waals surface area contributed by atoms with E-state index < -0.39 is 0 Å². The summed E-state index contributed by atoms with van der Waals surface area (Å²) in [6, 6.07) is 3.49. The van der Waals surface area contributed by atoms with E-state index in [9.17, 15) is 0 Å². The van der Waals surface area contributed by atoms with Crippen LogP contribution < -0.4 is 10.5 Å². The number of hydrogen-bond donors (Lipinski definition) is 1. The van der Waals surface area contributed by atoms with E-state index in [-0.39, 0.29) is 0 Å². The summed E-state index contributed by atoms with van der Waals surface area (Å²) in [7, 11) is 0. The molecular formula is C12H13ClINO. The molecule has 0 unspecified atom stereocenters. The van der Waals surface area contributed by atoms with Crippen LogP contribution in [0.1, 0.15) is 19.8 Å². The van der Waals surface area contributed by atoms with Crippen molar-refractivity contribution < 1.29 is 4.74 Å². The zero-order chi connectivity index (χ0) is 12.0. The minimum Gasteiger partial charge on any atom is -0.491 e. The van der Waals surface area contributed by atoms with Crippen LogP contribution in [0.15, 0.2) is 12.1 Å². The number of ether oxygens (including phenoxy) is 1. The molecule has 0 saturated heterocycles. The predicted octanol–water partition coefficient (Wildman–Crippen LogP) is 3.71. The van der Waals surface area contributed by atoms with Crippen molar-refractivity contribution in [2.75, 3.05) is 12.3 Å². The van der Waals surface area contributed by atoms with Gasteiger partial charge in [0.25, 0.3) is 0 Å². The molecule has 16 heavy (non-hydrogen) atoms. The van der Waals surface area contributed by atoms with Gasteiger partial charge in [-0.2, -0.15) is 0 Å². The van der Waals surface area contributed by atoms with Crippen LogP contribution in [0.4, 0.5) is 5.69 Å². The largest absolute Gasteiger partial charge is 0.491 e. The summed E-state index contributed by atoms with van der Waals surface area (Å²) in [6.45, 7) is 2.58. The Morgan fingerprint density at radius 2 is 2.19 bits per heavy atom. The molecular weight excluding hydrogens is 336 g/mol. The lowest BCUT2D eigenvalue weighted by molar-refractivity contribution is 0.325. The molecule has 0 aliphatic carbocycles. The molecule has 0 saturated carbocycles. The van der Waals surface area contributed by atoms with Gasteiger partial charge in [-0.15, -0.1) is 5.92 Å². The second-order valence-corrected chi connectivity index (χ2v) is 4.63. The first-order chi connectivity index (χ1) is 7.65. The molecule has 1 aromatic rings. The van der Waals surface area contributed by atoms with Gasteiger partial charge in [-0.3, -0.25) is 0 Å². The molecule has 4 heteroatoms. The van der Waals surface area contributed by atoms with Crippen LogP contribution in [-0.2, 0) is 0 Å². The van der Waals surface area contributed by atoms with E-state index >= 15 is 0 Å². The SMILES string of the molecule is CCC#CCCOc1cc(Cl)cc(N)c1I. The fourth-order valence-corrected chi connectivity index (χ4v) is 1.80. The average Bonchev–Trinajstić information content (AvgIpc) is 2.24. The number of nitrogens with two attached hydrogens (primary N) is 1. The van der Waals surface area contributed by atoms with E-state index in [0.29, 0.717) is 17.3 Å². The van der Waals surface area contributed by atoms with E-state index in [2.05, 4.69) is 34.4 Å². The Bertz CT molecular complexity index is 423. The van der Waals surface area contributed by atoms with Gasteiger partial charge in [0.05, 0.1) is 15.9 Å². The summed E-state index contributed by atoms with van der Waals surface area (Å²) in [5.41, 5.74) is 6.41. The normalized spacial score (nSPS) is 9.44. The maximum Gasteiger partial charge on any atom is 0.136 e. The summed E-state index contributed by atoms with van der Waals surface area (Å²) in [5, 5.41) is 0.590. The smallest absolute Gasteiger partial charge is 0.136 e. The van der Waals surface area contributed by atoms with Crippen molar-refractivity contribution in [2.24, 2.45) is 0 Å². The van der Waals surface area contributed by atoms with Gasteiger partial charge in [-0.05, 0) is 28.7 Å². The number of nitrogen functional groups attached to an aromatic ring is 1. The second-order valence-electron chi connectivity index (χ2n) is 3.11. The van der Waals surface area contributed by atoms with Gasteiger partial charge in [0.2, 0.25) is 0 Å². The van der Waals surface area contributed by atoms with E-state index in [1.807, 2.05) is 6.92 Å². The van der Waals surface area contributed by atoms with Gasteiger partial charge in [0, 0.05) is 23.9 Å². The highest BCUT2D eigenvalue weighted by Gasteiger charge is 2.06. The van der Waals surface area contributed by atoms with Crippen LogP contribution in [0, 0.1) is 15.4 Å². The molecule has 2 N–H and O–H groups in total. The van der Waals surface area contributed by atoms with E-state index in [0.717, 1.165) is 22.2 Å². The first-order valence-electron chi connectivity index (χ1n) is 4.98. The summed E-state index contributed by atoms with van der Waals surface area (Å²) in [5.74, 6) is 6.73. The van der Waals surface area contributed by atoms with Crippen LogP contribution in [0.5, 0.6) is 5.75 Å². The standard InChI is InChI=1S/C12H13ClINO/c1-2-3-4-5-6-16-11-8-9(13)7-10(15)12(11)14/h7-8H,2,5-6,15H2,1H3. The lowest BCUT2D eigenvalue weighted by atomic mass is 10.3. The Kier molecular flexibility index (Phi) is 5.78. The minimum absolute atomic E-state index is 0.558. The first kappa shape index (κ1) is 13.5. The van der Waals surface area contributed by atoms with Crippen molar-refractivity contribution in [3.8, 4) is 17.6 Å². The van der Waals surface area contributed by atoms with Crippen LogP contribution in [-0.4, -0.2) is 6.61 Å². The predicted molar refractivity (Wildman–Crippen MR) is 76.8 cm³/mol. The van der Waals surface area contributed by atoms with Gasteiger partial charge < -0.3 is 10.5 Å². The fourth-order valence-electron chi connectivity index (χ4n) is 1.11. The van der Waals surface area contributed by atoms with Crippen molar-refractivity contribution in [2.45, 2.75) is 19.8 Å². The van der Waals surface area contributed by atoms with Crippen LogP contribution in [0.3, 0.4) is 0 Å². The van der Waals surface area contributed by atoms with Crippen molar-refractivity contribution >= 4 is 39.9 Å². The van der Waals surface area contributed by atoms with E-state index in [1.54, 1.807) is 12.1 Å². The molecule has 0 spiro atoms. The van der Waals surface area contributed by atoms with Crippen molar-refractivity contribution in [3.05, 3.63) is 20.7 Å². The summed E-state index contributed by atoms with van der Waals surface area (Å²) in [4.78, 5) is 0.